The van der Waals surface area contributed by atoms with Crippen molar-refractivity contribution in [3.05, 3.63) is 17.6 Å². The van der Waals surface area contributed by atoms with Crippen molar-refractivity contribution in [3.63, 3.8) is 0 Å². The molecule has 2 heterocycles. The molecule has 118 valence electrons. The lowest BCUT2D eigenvalue weighted by Crippen LogP contribution is -2.51. The van der Waals surface area contributed by atoms with Crippen LogP contribution in [0.25, 0.3) is 0 Å². The number of urea groups is 1. The van der Waals surface area contributed by atoms with Crippen LogP contribution in [0.5, 0.6) is 0 Å². The molecule has 0 radical (unpaired) electrons. The monoisotopic (exact) mass is 303 g/mol. The van der Waals surface area contributed by atoms with Crippen molar-refractivity contribution >= 4 is 17.8 Å². The molecule has 1 saturated heterocycles. The zero-order valence-electron chi connectivity index (χ0n) is 12.9. The van der Waals surface area contributed by atoms with E-state index in [0.717, 1.165) is 36.6 Å². The smallest absolute Gasteiger partial charge is 0.322 e. The fourth-order valence-electron chi connectivity index (χ4n) is 3.45. The van der Waals surface area contributed by atoms with E-state index in [4.69, 9.17) is 0 Å². The van der Waals surface area contributed by atoms with Gasteiger partial charge in [0.05, 0.1) is 0 Å². The molecule has 1 aromatic heterocycles. The van der Waals surface area contributed by atoms with Crippen molar-refractivity contribution in [2.45, 2.75) is 45.1 Å². The average Bonchev–Trinajstić information content (AvgIpc) is 3.00. The van der Waals surface area contributed by atoms with Gasteiger partial charge in [-0.05, 0) is 26.2 Å². The molecule has 7 heteroatoms. The number of aromatic nitrogens is 2. The van der Waals surface area contributed by atoms with Gasteiger partial charge in [-0.15, -0.1) is 0 Å². The van der Waals surface area contributed by atoms with Crippen LogP contribution in [0.15, 0.2) is 6.07 Å². The van der Waals surface area contributed by atoms with Crippen molar-refractivity contribution < 1.29 is 9.59 Å². The summed E-state index contributed by atoms with van der Waals surface area (Å²) in [5.41, 5.74) is 0.239. The Morgan fingerprint density at radius 1 is 1.41 bits per heavy atom. The number of carbonyl (C=O) groups is 2. The minimum absolute atomic E-state index is 0.0688. The lowest BCUT2D eigenvalue weighted by atomic mass is 9.87. The first-order valence-electron chi connectivity index (χ1n) is 7.75. The van der Waals surface area contributed by atoms with Crippen molar-refractivity contribution in [1.82, 2.24) is 20.6 Å². The van der Waals surface area contributed by atoms with Gasteiger partial charge in [-0.3, -0.25) is 10.1 Å². The highest BCUT2D eigenvalue weighted by atomic mass is 16.2. The molecule has 1 aromatic rings. The Morgan fingerprint density at radius 3 is 2.91 bits per heavy atom. The molecule has 2 atom stereocenters. The zero-order chi connectivity index (χ0) is 15.7. The summed E-state index contributed by atoms with van der Waals surface area (Å²) in [6.45, 7) is 4.52. The molecule has 2 unspecified atom stereocenters. The predicted octanol–water partition coefficient (Wildman–Crippen LogP) is 1.14. The quantitative estimate of drug-likeness (QED) is 0.725. The van der Waals surface area contributed by atoms with Crippen molar-refractivity contribution in [2.24, 2.45) is 5.92 Å². The largest absolute Gasteiger partial charge is 0.370 e. The summed E-state index contributed by atoms with van der Waals surface area (Å²) in [5.74, 6) is 1.38. The summed E-state index contributed by atoms with van der Waals surface area (Å²) < 4.78 is 0. The Bertz CT molecular complexity index is 618. The fourth-order valence-corrected chi connectivity index (χ4v) is 3.45. The van der Waals surface area contributed by atoms with Gasteiger partial charge in [-0.25, -0.2) is 14.8 Å². The second kappa shape index (κ2) is 5.55. The third-order valence-electron chi connectivity index (χ3n) is 4.57. The standard InChI is InChI=1S/C15H21N5O2/c1-3-11-7-12(18-9(2)17-11)16-8-10-5-4-6-15(10)13(21)19-14(22)20-15/h7,10H,3-6,8H2,1-2H3,(H,16,17,18)(H2,19,20,21,22). The predicted molar refractivity (Wildman–Crippen MR) is 81.4 cm³/mol. The Kier molecular flexibility index (Phi) is 3.72. The maximum Gasteiger partial charge on any atom is 0.322 e. The van der Waals surface area contributed by atoms with Gasteiger partial charge >= 0.3 is 6.03 Å². The number of aryl methyl sites for hydroxylation is 2. The molecule has 22 heavy (non-hydrogen) atoms. The van der Waals surface area contributed by atoms with E-state index >= 15 is 0 Å². The molecule has 1 spiro atoms. The first-order valence-corrected chi connectivity index (χ1v) is 7.75. The summed E-state index contributed by atoms with van der Waals surface area (Å²) in [6, 6.07) is 1.55. The van der Waals surface area contributed by atoms with E-state index in [1.54, 1.807) is 0 Å². The van der Waals surface area contributed by atoms with Crippen LogP contribution in [-0.4, -0.2) is 34.0 Å². The van der Waals surface area contributed by atoms with Crippen LogP contribution in [0.2, 0.25) is 0 Å². The molecule has 0 aromatic carbocycles. The molecule has 3 N–H and O–H groups in total. The zero-order valence-corrected chi connectivity index (χ0v) is 12.9. The Balaban J connectivity index is 1.72. The minimum atomic E-state index is -0.750. The lowest BCUT2D eigenvalue weighted by molar-refractivity contribution is -0.125. The number of rotatable bonds is 4. The van der Waals surface area contributed by atoms with Crippen LogP contribution < -0.4 is 16.0 Å². The molecule has 0 bridgehead atoms. The molecule has 7 nitrogen and oxygen atoms in total. The van der Waals surface area contributed by atoms with Gasteiger partial charge in [0.2, 0.25) is 0 Å². The van der Waals surface area contributed by atoms with E-state index in [0.29, 0.717) is 13.0 Å². The van der Waals surface area contributed by atoms with Crippen LogP contribution in [0, 0.1) is 12.8 Å². The van der Waals surface area contributed by atoms with E-state index in [9.17, 15) is 9.59 Å². The second-order valence-electron chi connectivity index (χ2n) is 5.99. The van der Waals surface area contributed by atoms with Gasteiger partial charge in [-0.1, -0.05) is 13.3 Å². The normalized spacial score (nSPS) is 27.1. The number of nitrogens with zero attached hydrogens (tertiary/aromatic N) is 2. The molecule has 1 aliphatic carbocycles. The number of amides is 3. The van der Waals surface area contributed by atoms with Crippen LogP contribution in [0.3, 0.4) is 0 Å². The Labute approximate surface area is 129 Å². The summed E-state index contributed by atoms with van der Waals surface area (Å²) in [6.07, 6.45) is 3.39. The van der Waals surface area contributed by atoms with Gasteiger partial charge in [0.15, 0.2) is 0 Å². The van der Waals surface area contributed by atoms with Gasteiger partial charge in [0.1, 0.15) is 17.2 Å². The summed E-state index contributed by atoms with van der Waals surface area (Å²) in [7, 11) is 0. The maximum atomic E-state index is 12.1. The molecule has 3 amide bonds. The van der Waals surface area contributed by atoms with Crippen molar-refractivity contribution in [2.75, 3.05) is 11.9 Å². The fraction of sp³-hybridized carbons (Fsp3) is 0.600. The first-order chi connectivity index (χ1) is 10.5. The number of anilines is 1. The SMILES string of the molecule is CCc1cc(NCC2CCCC23NC(=O)NC3=O)nc(C)n1. The van der Waals surface area contributed by atoms with Crippen LogP contribution >= 0.6 is 0 Å². The number of hydrogen-bond acceptors (Lipinski definition) is 5. The van der Waals surface area contributed by atoms with E-state index in [2.05, 4.69) is 32.8 Å². The third kappa shape index (κ3) is 2.51. The number of hydrogen-bond donors (Lipinski definition) is 3. The second-order valence-corrected chi connectivity index (χ2v) is 5.99. The van der Waals surface area contributed by atoms with Gasteiger partial charge in [0.25, 0.3) is 5.91 Å². The molecule has 1 saturated carbocycles. The minimum Gasteiger partial charge on any atom is -0.370 e. The Morgan fingerprint density at radius 2 is 2.23 bits per heavy atom. The van der Waals surface area contributed by atoms with Crippen molar-refractivity contribution in [1.29, 1.82) is 0 Å². The summed E-state index contributed by atoms with van der Waals surface area (Å²) >= 11 is 0. The highest BCUT2D eigenvalue weighted by Gasteiger charge is 2.54. The highest BCUT2D eigenvalue weighted by Crippen LogP contribution is 2.37. The highest BCUT2D eigenvalue weighted by molar-refractivity contribution is 6.07. The molecule has 2 fully saturated rings. The van der Waals surface area contributed by atoms with Crippen molar-refractivity contribution in [3.8, 4) is 0 Å². The van der Waals surface area contributed by atoms with Crippen LogP contribution in [0.1, 0.15) is 37.7 Å². The first kappa shape index (κ1) is 14.7. The molecule has 2 aliphatic rings. The van der Waals surface area contributed by atoms with E-state index in [1.807, 2.05) is 13.0 Å². The molecule has 3 rings (SSSR count). The lowest BCUT2D eigenvalue weighted by Gasteiger charge is -2.28. The number of imide groups is 1. The van der Waals surface area contributed by atoms with Crippen LogP contribution in [0.4, 0.5) is 10.6 Å². The third-order valence-corrected chi connectivity index (χ3v) is 4.57. The molecule has 1 aliphatic heterocycles. The molecular formula is C15H21N5O2. The number of carbonyl (C=O) groups excluding carboxylic acids is 2. The number of nitrogens with one attached hydrogen (secondary N) is 3. The van der Waals surface area contributed by atoms with E-state index in [-0.39, 0.29) is 17.9 Å². The van der Waals surface area contributed by atoms with Gasteiger partial charge in [-0.2, -0.15) is 0 Å². The summed E-state index contributed by atoms with van der Waals surface area (Å²) in [5, 5.41) is 8.50. The topological polar surface area (TPSA) is 96.0 Å². The average molecular weight is 303 g/mol. The summed E-state index contributed by atoms with van der Waals surface area (Å²) in [4.78, 5) is 32.4. The molecular weight excluding hydrogens is 282 g/mol. The van der Waals surface area contributed by atoms with E-state index in [1.165, 1.54) is 0 Å². The van der Waals surface area contributed by atoms with Gasteiger partial charge < -0.3 is 10.6 Å². The van der Waals surface area contributed by atoms with Gasteiger partial charge in [0, 0.05) is 24.2 Å². The van der Waals surface area contributed by atoms with Crippen LogP contribution in [-0.2, 0) is 11.2 Å². The Hall–Kier alpha value is -2.18. The maximum absolute atomic E-state index is 12.1. The van der Waals surface area contributed by atoms with E-state index < -0.39 is 5.54 Å².